The molecule has 6 rings (SSSR count). The Kier molecular flexibility index (Phi) is 3.63. The zero-order chi connectivity index (χ0) is 19.4. The van der Waals surface area contributed by atoms with Gasteiger partial charge in [-0.2, -0.15) is 9.61 Å². The van der Waals surface area contributed by atoms with Crippen LogP contribution in [-0.4, -0.2) is 55.2 Å². The van der Waals surface area contributed by atoms with Gasteiger partial charge in [0.25, 0.3) is 0 Å². The predicted octanol–water partition coefficient (Wildman–Crippen LogP) is 2.03. The Morgan fingerprint density at radius 3 is 2.90 bits per heavy atom. The van der Waals surface area contributed by atoms with E-state index in [1.165, 1.54) is 12.8 Å². The van der Waals surface area contributed by atoms with Gasteiger partial charge >= 0.3 is 0 Å². The van der Waals surface area contributed by atoms with Gasteiger partial charge < -0.3 is 9.80 Å². The zero-order valence-electron chi connectivity index (χ0n) is 16.2. The number of likely N-dealkylation sites (tertiary alicyclic amines) is 1. The van der Waals surface area contributed by atoms with Crippen molar-refractivity contribution in [2.45, 2.75) is 38.1 Å². The van der Waals surface area contributed by atoms with Gasteiger partial charge in [-0.15, -0.1) is 10.2 Å². The summed E-state index contributed by atoms with van der Waals surface area (Å²) >= 11 is 0. The van der Waals surface area contributed by atoms with Crippen LogP contribution >= 0.6 is 0 Å². The van der Waals surface area contributed by atoms with Gasteiger partial charge in [-0.25, -0.2) is 0 Å². The molecule has 1 unspecified atom stereocenters. The molecule has 2 saturated heterocycles. The van der Waals surface area contributed by atoms with Crippen LogP contribution in [0.3, 0.4) is 0 Å². The van der Waals surface area contributed by atoms with Crippen LogP contribution in [-0.2, 0) is 11.3 Å². The first-order valence-electron chi connectivity index (χ1n) is 10.4. The van der Waals surface area contributed by atoms with Crippen molar-refractivity contribution < 1.29 is 4.79 Å². The summed E-state index contributed by atoms with van der Waals surface area (Å²) in [6.07, 6.45) is 7.64. The molecule has 1 aliphatic carbocycles. The first kappa shape index (κ1) is 16.9. The van der Waals surface area contributed by atoms with E-state index in [1.54, 1.807) is 17.0 Å². The average Bonchev–Trinajstić information content (AvgIpc) is 3.22. The number of fused-ring (bicyclic) bond motifs is 1. The third-order valence-electron chi connectivity index (χ3n) is 6.64. The lowest BCUT2D eigenvalue weighted by atomic mass is 9.85. The van der Waals surface area contributed by atoms with Gasteiger partial charge in [0.1, 0.15) is 6.33 Å². The van der Waals surface area contributed by atoms with Gasteiger partial charge in [0.2, 0.25) is 11.6 Å². The van der Waals surface area contributed by atoms with E-state index in [0.717, 1.165) is 55.2 Å². The van der Waals surface area contributed by atoms with Gasteiger partial charge in [0.05, 0.1) is 29.0 Å². The Morgan fingerprint density at radius 1 is 1.17 bits per heavy atom. The number of carbonyl (C=O) groups excluding carboxylic acids is 1. The van der Waals surface area contributed by atoms with Gasteiger partial charge in [-0.1, -0.05) is 6.07 Å². The summed E-state index contributed by atoms with van der Waals surface area (Å²) in [6, 6.07) is 8.03. The molecule has 0 aromatic carbocycles. The topological polar surface area (TPSA) is 79.5 Å². The number of pyridine rings is 1. The molecule has 1 spiro atoms. The highest BCUT2D eigenvalue weighted by molar-refractivity contribution is 5.87. The number of anilines is 1. The second-order valence-corrected chi connectivity index (χ2v) is 8.58. The van der Waals surface area contributed by atoms with Crippen molar-refractivity contribution in [2.24, 2.45) is 5.41 Å². The number of aromatic nitrogens is 5. The summed E-state index contributed by atoms with van der Waals surface area (Å²) in [5, 5.41) is 13.0. The minimum Gasteiger partial charge on any atom is -0.367 e. The van der Waals surface area contributed by atoms with Crippen LogP contribution in [0.1, 0.15) is 43.0 Å². The molecular formula is C21H23N7O. The lowest BCUT2D eigenvalue weighted by molar-refractivity contribution is -0.135. The van der Waals surface area contributed by atoms with Gasteiger partial charge in [-0.05, 0) is 43.9 Å². The fourth-order valence-corrected chi connectivity index (χ4v) is 4.83. The number of hydrogen-bond acceptors (Lipinski definition) is 6. The van der Waals surface area contributed by atoms with Crippen LogP contribution in [0.5, 0.6) is 0 Å². The normalized spacial score (nSPS) is 24.3. The number of nitrogens with zero attached hydrogens (tertiary/aromatic N) is 7. The van der Waals surface area contributed by atoms with Crippen LogP contribution in [0.4, 0.5) is 5.69 Å². The lowest BCUT2D eigenvalue weighted by Gasteiger charge is -2.24. The van der Waals surface area contributed by atoms with E-state index in [4.69, 9.17) is 0 Å². The van der Waals surface area contributed by atoms with Crippen LogP contribution in [0.25, 0.3) is 5.65 Å². The minimum atomic E-state index is -0.297. The van der Waals surface area contributed by atoms with Crippen LogP contribution in [0, 0.1) is 5.41 Å². The largest absolute Gasteiger partial charge is 0.367 e. The maximum absolute atomic E-state index is 13.3. The third-order valence-corrected chi connectivity index (χ3v) is 6.64. The second-order valence-electron chi connectivity index (χ2n) is 8.58. The highest BCUT2D eigenvalue weighted by Gasteiger charge is 2.51. The van der Waals surface area contributed by atoms with E-state index >= 15 is 0 Å². The summed E-state index contributed by atoms with van der Waals surface area (Å²) in [5.74, 6) is 0.818. The van der Waals surface area contributed by atoms with E-state index in [-0.39, 0.29) is 11.3 Å². The van der Waals surface area contributed by atoms with Crippen LogP contribution in [0.15, 0.2) is 36.8 Å². The Bertz CT molecular complexity index is 1080. The van der Waals surface area contributed by atoms with E-state index in [9.17, 15) is 4.79 Å². The Balaban J connectivity index is 1.26. The number of amides is 1. The maximum atomic E-state index is 13.3. The van der Waals surface area contributed by atoms with Crippen molar-refractivity contribution in [2.75, 3.05) is 24.5 Å². The lowest BCUT2D eigenvalue weighted by Crippen LogP contribution is -2.37. The first-order chi connectivity index (χ1) is 14.2. The monoisotopic (exact) mass is 389 g/mol. The van der Waals surface area contributed by atoms with E-state index < -0.39 is 0 Å². The van der Waals surface area contributed by atoms with Crippen molar-refractivity contribution in [1.82, 2.24) is 29.7 Å². The molecule has 5 heterocycles. The fourth-order valence-electron chi connectivity index (χ4n) is 4.83. The van der Waals surface area contributed by atoms with Crippen molar-refractivity contribution in [1.29, 1.82) is 0 Å². The SMILES string of the molecule is O=C1N(Cc2ccccn2)CCC12CCN(c1cc(C3CC3)nn3cnnc13)C2. The number of hydrogen-bond donors (Lipinski definition) is 0. The van der Waals surface area contributed by atoms with Crippen molar-refractivity contribution in [3.63, 3.8) is 0 Å². The Labute approximate surface area is 168 Å². The summed E-state index contributed by atoms with van der Waals surface area (Å²) in [5.41, 5.74) is 3.60. The van der Waals surface area contributed by atoms with Crippen LogP contribution in [0.2, 0.25) is 0 Å². The molecule has 1 amide bonds. The van der Waals surface area contributed by atoms with Gasteiger partial charge in [0, 0.05) is 31.7 Å². The molecule has 1 atom stereocenters. The van der Waals surface area contributed by atoms with E-state index in [2.05, 4.69) is 31.2 Å². The van der Waals surface area contributed by atoms with Gasteiger partial charge in [-0.3, -0.25) is 9.78 Å². The molecule has 0 N–H and O–H groups in total. The zero-order valence-corrected chi connectivity index (χ0v) is 16.2. The highest BCUT2D eigenvalue weighted by Crippen LogP contribution is 2.45. The highest BCUT2D eigenvalue weighted by atomic mass is 16.2. The molecule has 2 aliphatic heterocycles. The molecule has 8 nitrogen and oxygen atoms in total. The third kappa shape index (κ3) is 2.77. The summed E-state index contributed by atoms with van der Waals surface area (Å²) in [6.45, 7) is 2.99. The van der Waals surface area contributed by atoms with E-state index in [1.807, 2.05) is 23.1 Å². The average molecular weight is 389 g/mol. The van der Waals surface area contributed by atoms with Crippen LogP contribution < -0.4 is 4.90 Å². The second kappa shape index (κ2) is 6.23. The van der Waals surface area contributed by atoms with E-state index in [0.29, 0.717) is 12.5 Å². The predicted molar refractivity (Wildman–Crippen MR) is 106 cm³/mol. The Hall–Kier alpha value is -3.03. The first-order valence-corrected chi connectivity index (χ1v) is 10.4. The summed E-state index contributed by atoms with van der Waals surface area (Å²) in [4.78, 5) is 22.0. The maximum Gasteiger partial charge on any atom is 0.231 e. The van der Waals surface area contributed by atoms with Crippen molar-refractivity contribution in [3.8, 4) is 0 Å². The molecule has 3 aromatic heterocycles. The van der Waals surface area contributed by atoms with Crippen molar-refractivity contribution >= 4 is 17.2 Å². The van der Waals surface area contributed by atoms with Crippen molar-refractivity contribution in [3.05, 3.63) is 48.2 Å². The molecule has 3 aliphatic rings. The molecule has 8 heteroatoms. The molecular weight excluding hydrogens is 366 g/mol. The minimum absolute atomic E-state index is 0.264. The number of carbonyl (C=O) groups is 1. The molecule has 29 heavy (non-hydrogen) atoms. The Morgan fingerprint density at radius 2 is 2.07 bits per heavy atom. The number of rotatable bonds is 4. The molecule has 148 valence electrons. The summed E-state index contributed by atoms with van der Waals surface area (Å²) in [7, 11) is 0. The molecule has 3 aromatic rings. The molecule has 3 fully saturated rings. The molecule has 0 radical (unpaired) electrons. The summed E-state index contributed by atoms with van der Waals surface area (Å²) < 4.78 is 1.79. The quantitative estimate of drug-likeness (QED) is 0.679. The fraction of sp³-hybridized carbons (Fsp3) is 0.476. The molecule has 1 saturated carbocycles. The smallest absolute Gasteiger partial charge is 0.231 e. The molecule has 0 bridgehead atoms. The standard InChI is InChI=1S/C21H23N7O/c29-20-21(6-9-26(20)12-16-3-1-2-8-22-16)7-10-27(13-21)18-11-17(15-4-5-15)25-28-14-23-24-19(18)28/h1-3,8,11,14-15H,4-7,9-10,12-13H2. The van der Waals surface area contributed by atoms with Gasteiger partial charge in [0.15, 0.2) is 0 Å².